The topological polar surface area (TPSA) is 66.5 Å². The molecule has 3 rings (SSSR count). The molecule has 0 bridgehead atoms. The Morgan fingerprint density at radius 3 is 2.35 bits per heavy atom. The minimum Gasteiger partial charge on any atom is -0.319 e. The Morgan fingerprint density at radius 2 is 1.73 bits per heavy atom. The largest absolute Gasteiger partial charge is 0.325 e. The quantitative estimate of drug-likeness (QED) is 0.621. The third kappa shape index (κ3) is 3.22. The number of imide groups is 1. The molecule has 3 amide bonds. The van der Waals surface area contributed by atoms with Crippen molar-refractivity contribution in [3.8, 4) is 0 Å². The van der Waals surface area contributed by atoms with E-state index < -0.39 is 17.5 Å². The van der Waals surface area contributed by atoms with E-state index in [2.05, 4.69) is 5.32 Å². The molecule has 6 heteroatoms. The number of nitrogens with zero attached hydrogens (tertiary/aromatic N) is 1. The van der Waals surface area contributed by atoms with Crippen LogP contribution in [0.25, 0.3) is 0 Å². The van der Waals surface area contributed by atoms with Gasteiger partial charge in [0.2, 0.25) is 0 Å². The highest BCUT2D eigenvalue weighted by Crippen LogP contribution is 2.33. The molecule has 0 aliphatic carbocycles. The number of nitrogens with one attached hydrogen (secondary N) is 1. The van der Waals surface area contributed by atoms with Gasteiger partial charge in [-0.05, 0) is 36.2 Å². The highest BCUT2D eigenvalue weighted by Gasteiger charge is 2.52. The summed E-state index contributed by atoms with van der Waals surface area (Å²) in [7, 11) is 0. The van der Waals surface area contributed by atoms with Gasteiger partial charge in [-0.1, -0.05) is 55.3 Å². The van der Waals surface area contributed by atoms with Crippen LogP contribution in [0.5, 0.6) is 0 Å². The summed E-state index contributed by atoms with van der Waals surface area (Å²) < 4.78 is 0. The summed E-state index contributed by atoms with van der Waals surface area (Å²) in [6.45, 7) is 1.65. The van der Waals surface area contributed by atoms with Crippen LogP contribution in [-0.2, 0) is 10.3 Å². The molecule has 0 saturated carbocycles. The molecule has 0 spiro atoms. The molecule has 1 fully saturated rings. The summed E-state index contributed by atoms with van der Waals surface area (Å²) in [6.07, 6.45) is 1.17. The number of ketones is 1. The predicted molar refractivity (Wildman–Crippen MR) is 99.1 cm³/mol. The highest BCUT2D eigenvalue weighted by atomic mass is 35.5. The number of hydrogen-bond donors (Lipinski definition) is 1. The Kier molecular flexibility index (Phi) is 5.09. The zero-order chi connectivity index (χ0) is 18.7. The van der Waals surface area contributed by atoms with E-state index in [9.17, 15) is 14.4 Å². The molecule has 2 aromatic rings. The Hall–Kier alpha value is -2.66. The van der Waals surface area contributed by atoms with Gasteiger partial charge in [0.05, 0.1) is 6.54 Å². The lowest BCUT2D eigenvalue weighted by Gasteiger charge is -2.26. The molecule has 26 heavy (non-hydrogen) atoms. The fourth-order valence-electron chi connectivity index (χ4n) is 3.25. The maximum absolute atomic E-state index is 13.1. The van der Waals surface area contributed by atoms with Gasteiger partial charge in [-0.2, -0.15) is 0 Å². The van der Waals surface area contributed by atoms with Crippen LogP contribution in [0, 0.1) is 0 Å². The van der Waals surface area contributed by atoms with Crippen molar-refractivity contribution >= 4 is 29.3 Å². The Bertz CT molecular complexity index is 836. The van der Waals surface area contributed by atoms with Crippen molar-refractivity contribution in [1.29, 1.82) is 0 Å². The summed E-state index contributed by atoms with van der Waals surface area (Å²) in [5.41, 5.74) is 0.0113. The molecule has 1 N–H and O–H groups in total. The zero-order valence-electron chi connectivity index (χ0n) is 14.4. The first-order chi connectivity index (χ1) is 12.5. The second-order valence-corrected chi connectivity index (χ2v) is 6.71. The van der Waals surface area contributed by atoms with Crippen molar-refractivity contribution in [2.75, 3.05) is 6.54 Å². The van der Waals surface area contributed by atoms with Gasteiger partial charge >= 0.3 is 6.03 Å². The summed E-state index contributed by atoms with van der Waals surface area (Å²) in [4.78, 5) is 39.1. The SMILES string of the molecule is CCC[C@@]1(c2ccccc2)NC(=O)N(CC(=O)c2ccc(Cl)cc2)C1=O. The standard InChI is InChI=1S/C20H19ClN2O3/c1-2-12-20(15-6-4-3-5-7-15)18(25)23(19(26)22-20)13-17(24)14-8-10-16(21)11-9-14/h3-11H,2,12-13H2,1H3,(H,22,26)/t20-/m0/s1. The van der Waals surface area contributed by atoms with E-state index in [0.717, 1.165) is 10.5 Å². The average molecular weight is 371 g/mol. The van der Waals surface area contributed by atoms with Crippen molar-refractivity contribution in [3.05, 3.63) is 70.7 Å². The number of amides is 3. The minimum absolute atomic E-state index is 0.301. The predicted octanol–water partition coefficient (Wildman–Crippen LogP) is 3.77. The second kappa shape index (κ2) is 7.30. The number of halogens is 1. The molecule has 0 unspecified atom stereocenters. The van der Waals surface area contributed by atoms with Gasteiger partial charge < -0.3 is 5.32 Å². The third-order valence-corrected chi connectivity index (χ3v) is 4.79. The van der Waals surface area contributed by atoms with Crippen LogP contribution in [0.15, 0.2) is 54.6 Å². The van der Waals surface area contributed by atoms with E-state index in [1.165, 1.54) is 0 Å². The first-order valence-corrected chi connectivity index (χ1v) is 8.84. The van der Waals surface area contributed by atoms with Crippen LogP contribution in [0.3, 0.4) is 0 Å². The van der Waals surface area contributed by atoms with Crippen molar-refractivity contribution in [2.45, 2.75) is 25.3 Å². The first-order valence-electron chi connectivity index (χ1n) is 8.46. The number of rotatable bonds is 6. The van der Waals surface area contributed by atoms with Crippen LogP contribution in [0.4, 0.5) is 4.79 Å². The number of carbonyl (C=O) groups excluding carboxylic acids is 3. The molecule has 1 aliphatic rings. The van der Waals surface area contributed by atoms with Gasteiger partial charge in [-0.15, -0.1) is 0 Å². The normalized spacial score (nSPS) is 19.5. The molecular formula is C20H19ClN2O3. The highest BCUT2D eigenvalue weighted by molar-refractivity contribution is 6.30. The number of urea groups is 1. The van der Waals surface area contributed by atoms with Crippen molar-refractivity contribution in [1.82, 2.24) is 10.2 Å². The van der Waals surface area contributed by atoms with Crippen LogP contribution in [0.1, 0.15) is 35.7 Å². The van der Waals surface area contributed by atoms with Gasteiger partial charge in [0.25, 0.3) is 5.91 Å². The smallest absolute Gasteiger partial charge is 0.319 e. The van der Waals surface area contributed by atoms with Crippen LogP contribution < -0.4 is 5.32 Å². The monoisotopic (exact) mass is 370 g/mol. The molecule has 1 atom stereocenters. The lowest BCUT2D eigenvalue weighted by Crippen LogP contribution is -2.44. The van der Waals surface area contributed by atoms with Crippen LogP contribution in [-0.4, -0.2) is 29.2 Å². The molecule has 2 aromatic carbocycles. The van der Waals surface area contributed by atoms with E-state index in [0.29, 0.717) is 23.4 Å². The maximum atomic E-state index is 13.1. The third-order valence-electron chi connectivity index (χ3n) is 4.54. The minimum atomic E-state index is -1.12. The Morgan fingerprint density at radius 1 is 1.08 bits per heavy atom. The molecule has 1 heterocycles. The van der Waals surface area contributed by atoms with Gasteiger partial charge in [0.1, 0.15) is 5.54 Å². The van der Waals surface area contributed by atoms with Gasteiger partial charge in [0.15, 0.2) is 5.78 Å². The Balaban J connectivity index is 1.88. The first kappa shape index (κ1) is 18.1. The molecule has 0 aromatic heterocycles. The van der Waals surface area contributed by atoms with Crippen molar-refractivity contribution in [3.63, 3.8) is 0 Å². The number of carbonyl (C=O) groups is 3. The average Bonchev–Trinajstić information content (AvgIpc) is 2.88. The van der Waals surface area contributed by atoms with Gasteiger partial charge in [-0.25, -0.2) is 4.79 Å². The van der Waals surface area contributed by atoms with E-state index in [-0.39, 0.29) is 12.3 Å². The zero-order valence-corrected chi connectivity index (χ0v) is 15.1. The summed E-state index contributed by atoms with van der Waals surface area (Å²) in [5, 5.41) is 3.33. The lowest BCUT2D eigenvalue weighted by atomic mass is 9.85. The summed E-state index contributed by atoms with van der Waals surface area (Å²) in [6, 6.07) is 15.0. The summed E-state index contributed by atoms with van der Waals surface area (Å²) in [5.74, 6) is -0.705. The van der Waals surface area contributed by atoms with E-state index in [1.807, 2.05) is 37.3 Å². The summed E-state index contributed by atoms with van der Waals surface area (Å²) >= 11 is 5.83. The molecule has 0 radical (unpaired) electrons. The van der Waals surface area contributed by atoms with Gasteiger partial charge in [0, 0.05) is 10.6 Å². The second-order valence-electron chi connectivity index (χ2n) is 6.27. The molecule has 5 nitrogen and oxygen atoms in total. The number of hydrogen-bond acceptors (Lipinski definition) is 3. The van der Waals surface area contributed by atoms with Crippen molar-refractivity contribution in [2.24, 2.45) is 0 Å². The van der Waals surface area contributed by atoms with E-state index in [4.69, 9.17) is 11.6 Å². The number of Topliss-reactive ketones (excluding diaryl/α,β-unsaturated/α-hetero) is 1. The van der Waals surface area contributed by atoms with Crippen LogP contribution in [0.2, 0.25) is 5.02 Å². The van der Waals surface area contributed by atoms with Crippen molar-refractivity contribution < 1.29 is 14.4 Å². The lowest BCUT2D eigenvalue weighted by molar-refractivity contribution is -0.131. The molecule has 1 saturated heterocycles. The fourth-order valence-corrected chi connectivity index (χ4v) is 3.37. The van der Waals surface area contributed by atoms with Crippen LogP contribution >= 0.6 is 11.6 Å². The van der Waals surface area contributed by atoms with E-state index in [1.54, 1.807) is 24.3 Å². The molecule has 1 aliphatic heterocycles. The fraction of sp³-hybridized carbons (Fsp3) is 0.250. The molecular weight excluding hydrogens is 352 g/mol. The Labute approximate surface area is 156 Å². The molecule has 134 valence electrons. The van der Waals surface area contributed by atoms with E-state index >= 15 is 0 Å². The van der Waals surface area contributed by atoms with Gasteiger partial charge in [-0.3, -0.25) is 14.5 Å². The number of benzene rings is 2. The maximum Gasteiger partial charge on any atom is 0.325 e.